The molecule has 0 bridgehead atoms. The third-order valence-electron chi connectivity index (χ3n) is 5.18. The largest absolute Gasteiger partial charge is 0.495 e. The normalized spacial score (nSPS) is 10.6. The van der Waals surface area contributed by atoms with Crippen LogP contribution in [0.2, 0.25) is 0 Å². The van der Waals surface area contributed by atoms with Crippen molar-refractivity contribution in [2.24, 2.45) is 0 Å². The lowest BCUT2D eigenvalue weighted by Crippen LogP contribution is -2.14. The zero-order valence-electron chi connectivity index (χ0n) is 19.3. The van der Waals surface area contributed by atoms with Crippen molar-refractivity contribution in [2.45, 2.75) is 19.3 Å². The van der Waals surface area contributed by atoms with E-state index in [2.05, 4.69) is 20.8 Å². The summed E-state index contributed by atoms with van der Waals surface area (Å²) in [6, 6.07) is 15.8. The third kappa shape index (κ3) is 6.29. The van der Waals surface area contributed by atoms with Gasteiger partial charge in [-0.25, -0.2) is 8.78 Å². The maximum atomic E-state index is 13.4. The van der Waals surface area contributed by atoms with Gasteiger partial charge in [-0.3, -0.25) is 9.59 Å². The van der Waals surface area contributed by atoms with Crippen LogP contribution >= 0.6 is 0 Å². The van der Waals surface area contributed by atoms with Gasteiger partial charge in [-0.05, 0) is 67.1 Å². The zero-order chi connectivity index (χ0) is 25.5. The van der Waals surface area contributed by atoms with E-state index in [1.807, 2.05) is 0 Å². The molecule has 3 aromatic carbocycles. The Morgan fingerprint density at radius 3 is 2.53 bits per heavy atom. The van der Waals surface area contributed by atoms with Crippen LogP contribution in [-0.2, 0) is 11.2 Å². The molecule has 1 aromatic heterocycles. The highest BCUT2D eigenvalue weighted by Crippen LogP contribution is 2.28. The van der Waals surface area contributed by atoms with E-state index in [1.165, 1.54) is 37.4 Å². The molecule has 1 heterocycles. The number of carbonyl (C=O) groups excluding carboxylic acids is 2. The number of rotatable bonds is 9. The van der Waals surface area contributed by atoms with Crippen LogP contribution in [-0.4, -0.2) is 29.1 Å². The Balaban J connectivity index is 1.32. The average Bonchev–Trinajstić information content (AvgIpc) is 3.33. The molecule has 4 aromatic rings. The molecule has 8 nitrogen and oxygen atoms in total. The standard InChI is InChI=1S/C26H22F2N4O4/c1-35-22-13-12-20(15-21(22)30-26(34)17-4-2-5-19(28)14-17)29-23(33)6-3-7-24-31-25(32-36-24)16-8-10-18(27)11-9-16/h2,4-5,8-15H,3,6-7H2,1H3,(H,29,33)(H,30,34). The van der Waals surface area contributed by atoms with E-state index in [0.717, 1.165) is 6.07 Å². The van der Waals surface area contributed by atoms with Crippen LogP contribution in [0.25, 0.3) is 11.4 Å². The second kappa shape index (κ2) is 11.2. The van der Waals surface area contributed by atoms with E-state index in [9.17, 15) is 18.4 Å². The highest BCUT2D eigenvalue weighted by atomic mass is 19.1. The van der Waals surface area contributed by atoms with Gasteiger partial charge in [-0.1, -0.05) is 11.2 Å². The summed E-state index contributed by atoms with van der Waals surface area (Å²) >= 11 is 0. The topological polar surface area (TPSA) is 106 Å². The number of carbonyl (C=O) groups is 2. The molecule has 0 aliphatic heterocycles. The summed E-state index contributed by atoms with van der Waals surface area (Å²) in [6.07, 6.45) is 1.03. The summed E-state index contributed by atoms with van der Waals surface area (Å²) in [5, 5.41) is 9.32. The van der Waals surface area contributed by atoms with Gasteiger partial charge in [0.2, 0.25) is 17.6 Å². The van der Waals surface area contributed by atoms with E-state index >= 15 is 0 Å². The van der Waals surface area contributed by atoms with Crippen LogP contribution in [0.1, 0.15) is 29.1 Å². The minimum absolute atomic E-state index is 0.148. The first kappa shape index (κ1) is 24.5. The van der Waals surface area contributed by atoms with Crippen molar-refractivity contribution in [3.63, 3.8) is 0 Å². The number of nitrogens with one attached hydrogen (secondary N) is 2. The summed E-state index contributed by atoms with van der Waals surface area (Å²) in [7, 11) is 1.45. The lowest BCUT2D eigenvalue weighted by Gasteiger charge is -2.13. The maximum Gasteiger partial charge on any atom is 0.255 e. The number of ether oxygens (including phenoxy) is 1. The van der Waals surface area contributed by atoms with Crippen LogP contribution in [0.3, 0.4) is 0 Å². The minimum Gasteiger partial charge on any atom is -0.495 e. The summed E-state index contributed by atoms with van der Waals surface area (Å²) < 4.78 is 37.0. The van der Waals surface area contributed by atoms with Crippen molar-refractivity contribution in [2.75, 3.05) is 17.7 Å². The van der Waals surface area contributed by atoms with Gasteiger partial charge >= 0.3 is 0 Å². The Bertz CT molecular complexity index is 1370. The fourth-order valence-corrected chi connectivity index (χ4v) is 3.40. The number of aryl methyl sites for hydroxylation is 1. The molecule has 0 unspecified atom stereocenters. The number of hydrogen-bond acceptors (Lipinski definition) is 6. The molecule has 184 valence electrons. The summed E-state index contributed by atoms with van der Waals surface area (Å²) in [6.45, 7) is 0. The molecular weight excluding hydrogens is 470 g/mol. The highest BCUT2D eigenvalue weighted by Gasteiger charge is 2.13. The molecule has 0 aliphatic rings. The molecule has 0 atom stereocenters. The number of hydrogen-bond donors (Lipinski definition) is 2. The predicted octanol–water partition coefficient (Wildman–Crippen LogP) is 5.24. The van der Waals surface area contributed by atoms with Gasteiger partial charge in [0.25, 0.3) is 5.91 Å². The van der Waals surface area contributed by atoms with E-state index in [0.29, 0.717) is 47.2 Å². The molecule has 0 spiro atoms. The molecule has 0 fully saturated rings. The van der Waals surface area contributed by atoms with Gasteiger partial charge in [0, 0.05) is 29.7 Å². The fraction of sp³-hybridized carbons (Fsp3) is 0.154. The molecule has 0 radical (unpaired) electrons. The average molecular weight is 492 g/mol. The summed E-state index contributed by atoms with van der Waals surface area (Å²) in [5.41, 5.74) is 1.55. The van der Waals surface area contributed by atoms with E-state index in [4.69, 9.17) is 9.26 Å². The van der Waals surface area contributed by atoms with Gasteiger partial charge in [0.05, 0.1) is 12.8 Å². The van der Waals surface area contributed by atoms with E-state index < -0.39 is 11.7 Å². The Kier molecular flexibility index (Phi) is 7.64. The molecule has 2 N–H and O–H groups in total. The van der Waals surface area contributed by atoms with Crippen molar-refractivity contribution >= 4 is 23.2 Å². The van der Waals surface area contributed by atoms with Gasteiger partial charge < -0.3 is 19.9 Å². The highest BCUT2D eigenvalue weighted by molar-refractivity contribution is 6.05. The van der Waals surface area contributed by atoms with Crippen LogP contribution in [0.4, 0.5) is 20.2 Å². The monoisotopic (exact) mass is 492 g/mol. The number of amides is 2. The Morgan fingerprint density at radius 1 is 0.972 bits per heavy atom. The first-order valence-electron chi connectivity index (χ1n) is 11.0. The molecule has 2 amide bonds. The van der Waals surface area contributed by atoms with Crippen molar-refractivity contribution < 1.29 is 27.6 Å². The van der Waals surface area contributed by atoms with Crippen LogP contribution < -0.4 is 15.4 Å². The fourth-order valence-electron chi connectivity index (χ4n) is 3.40. The van der Waals surface area contributed by atoms with Gasteiger partial charge in [-0.2, -0.15) is 4.98 Å². The molecule has 36 heavy (non-hydrogen) atoms. The molecule has 0 saturated heterocycles. The van der Waals surface area contributed by atoms with Crippen LogP contribution in [0.15, 0.2) is 71.3 Å². The third-order valence-corrected chi connectivity index (χ3v) is 5.18. The molecule has 0 saturated carbocycles. The van der Waals surface area contributed by atoms with Crippen molar-refractivity contribution in [1.29, 1.82) is 0 Å². The Morgan fingerprint density at radius 2 is 1.78 bits per heavy atom. The van der Waals surface area contributed by atoms with E-state index in [-0.39, 0.29) is 23.7 Å². The van der Waals surface area contributed by atoms with Crippen LogP contribution in [0, 0.1) is 11.6 Å². The first-order chi connectivity index (χ1) is 17.4. The number of halogens is 2. The number of methoxy groups -OCH3 is 1. The quantitative estimate of drug-likeness (QED) is 0.331. The van der Waals surface area contributed by atoms with Crippen LogP contribution in [0.5, 0.6) is 5.75 Å². The lowest BCUT2D eigenvalue weighted by atomic mass is 10.2. The summed E-state index contributed by atoms with van der Waals surface area (Å²) in [4.78, 5) is 29.2. The Labute approximate surface area is 205 Å². The Hall–Kier alpha value is -4.60. The zero-order valence-corrected chi connectivity index (χ0v) is 19.3. The second-order valence-electron chi connectivity index (χ2n) is 7.80. The lowest BCUT2D eigenvalue weighted by molar-refractivity contribution is -0.116. The van der Waals surface area contributed by atoms with Crippen molar-refractivity contribution in [1.82, 2.24) is 10.1 Å². The molecular formula is C26H22F2N4O4. The number of benzene rings is 3. The molecule has 0 aliphatic carbocycles. The van der Waals surface area contributed by atoms with Crippen molar-refractivity contribution in [3.05, 3.63) is 89.8 Å². The van der Waals surface area contributed by atoms with Gasteiger partial charge in [0.1, 0.15) is 17.4 Å². The second-order valence-corrected chi connectivity index (χ2v) is 7.80. The maximum absolute atomic E-state index is 13.4. The number of aromatic nitrogens is 2. The summed E-state index contributed by atoms with van der Waals surface area (Å²) in [5.74, 6) is -0.550. The molecule has 4 rings (SSSR count). The molecule has 10 heteroatoms. The predicted molar refractivity (Wildman–Crippen MR) is 129 cm³/mol. The van der Waals surface area contributed by atoms with Crippen molar-refractivity contribution in [3.8, 4) is 17.1 Å². The number of anilines is 2. The van der Waals surface area contributed by atoms with Gasteiger partial charge in [-0.15, -0.1) is 0 Å². The SMILES string of the molecule is COc1ccc(NC(=O)CCCc2nc(-c3ccc(F)cc3)no2)cc1NC(=O)c1cccc(F)c1. The van der Waals surface area contributed by atoms with Gasteiger partial charge in [0.15, 0.2) is 0 Å². The minimum atomic E-state index is -0.525. The first-order valence-corrected chi connectivity index (χ1v) is 11.0. The number of nitrogens with zero attached hydrogens (tertiary/aromatic N) is 2. The smallest absolute Gasteiger partial charge is 0.255 e. The van der Waals surface area contributed by atoms with E-state index in [1.54, 1.807) is 30.3 Å².